The van der Waals surface area contributed by atoms with E-state index >= 15 is 0 Å². The molecule has 1 amide bonds. The number of aromatic nitrogens is 1. The number of carbonyl (C=O) groups excluding carboxylic acids is 1. The van der Waals surface area contributed by atoms with Crippen LogP contribution in [0.4, 0.5) is 0 Å². The number of amides is 1. The SMILES string of the molecule is COc1ncc(Br)cc1C1CNC(=O)C1. The maximum absolute atomic E-state index is 11.1. The lowest BCUT2D eigenvalue weighted by molar-refractivity contribution is -0.119. The first-order chi connectivity index (χ1) is 7.20. The number of rotatable bonds is 2. The molecule has 0 aliphatic carbocycles. The van der Waals surface area contributed by atoms with Crippen molar-refractivity contribution >= 4 is 21.8 Å². The quantitative estimate of drug-likeness (QED) is 0.885. The summed E-state index contributed by atoms with van der Waals surface area (Å²) in [5.41, 5.74) is 0.977. The number of carbonyl (C=O) groups is 1. The van der Waals surface area contributed by atoms with E-state index in [4.69, 9.17) is 4.74 Å². The van der Waals surface area contributed by atoms with Crippen molar-refractivity contribution in [1.82, 2.24) is 10.3 Å². The molecule has 5 heteroatoms. The second-order valence-corrected chi connectivity index (χ2v) is 4.37. The molecule has 15 heavy (non-hydrogen) atoms. The van der Waals surface area contributed by atoms with Crippen LogP contribution in [-0.4, -0.2) is 24.5 Å². The van der Waals surface area contributed by atoms with E-state index in [0.29, 0.717) is 18.8 Å². The summed E-state index contributed by atoms with van der Waals surface area (Å²) in [6.45, 7) is 0.660. The second kappa shape index (κ2) is 4.18. The van der Waals surface area contributed by atoms with E-state index in [1.165, 1.54) is 0 Å². The summed E-state index contributed by atoms with van der Waals surface area (Å²) in [4.78, 5) is 15.3. The van der Waals surface area contributed by atoms with Gasteiger partial charge in [0.25, 0.3) is 0 Å². The Hall–Kier alpha value is -1.10. The Morgan fingerprint density at radius 2 is 2.47 bits per heavy atom. The number of methoxy groups -OCH3 is 1. The normalized spacial score (nSPS) is 20.1. The molecule has 1 N–H and O–H groups in total. The lowest BCUT2D eigenvalue weighted by atomic mass is 9.99. The van der Waals surface area contributed by atoms with Crippen molar-refractivity contribution in [1.29, 1.82) is 0 Å². The van der Waals surface area contributed by atoms with Crippen molar-refractivity contribution in [3.63, 3.8) is 0 Å². The number of halogens is 1. The van der Waals surface area contributed by atoms with Gasteiger partial charge in [-0.2, -0.15) is 0 Å². The highest BCUT2D eigenvalue weighted by molar-refractivity contribution is 9.10. The monoisotopic (exact) mass is 270 g/mol. The van der Waals surface area contributed by atoms with E-state index in [1.54, 1.807) is 13.3 Å². The number of nitrogens with zero attached hydrogens (tertiary/aromatic N) is 1. The number of nitrogens with one attached hydrogen (secondary N) is 1. The predicted octanol–water partition coefficient (Wildman–Crippen LogP) is 1.46. The van der Waals surface area contributed by atoms with Crippen LogP contribution >= 0.6 is 15.9 Å². The topological polar surface area (TPSA) is 51.2 Å². The van der Waals surface area contributed by atoms with Crippen LogP contribution in [0, 0.1) is 0 Å². The molecule has 1 unspecified atom stereocenters. The Morgan fingerprint density at radius 1 is 1.67 bits per heavy atom. The molecule has 1 fully saturated rings. The summed E-state index contributed by atoms with van der Waals surface area (Å²) in [5.74, 6) is 0.846. The molecule has 0 saturated carbocycles. The standard InChI is InChI=1S/C10H11BrN2O2/c1-15-10-8(3-7(11)5-13-10)6-2-9(14)12-4-6/h3,5-6H,2,4H2,1H3,(H,12,14). The third-order valence-corrected chi connectivity index (χ3v) is 2.89. The van der Waals surface area contributed by atoms with E-state index in [2.05, 4.69) is 26.2 Å². The summed E-state index contributed by atoms with van der Waals surface area (Å²) in [6, 6.07) is 1.96. The summed E-state index contributed by atoms with van der Waals surface area (Å²) in [7, 11) is 1.59. The molecule has 0 aromatic carbocycles. The number of hydrogen-bond donors (Lipinski definition) is 1. The van der Waals surface area contributed by atoms with Gasteiger partial charge in [-0.3, -0.25) is 4.79 Å². The fourth-order valence-corrected chi connectivity index (χ4v) is 2.08. The fourth-order valence-electron chi connectivity index (χ4n) is 1.73. The minimum atomic E-state index is 0.0852. The minimum absolute atomic E-state index is 0.0852. The van der Waals surface area contributed by atoms with E-state index in [1.807, 2.05) is 6.07 Å². The van der Waals surface area contributed by atoms with E-state index < -0.39 is 0 Å². The van der Waals surface area contributed by atoms with Crippen molar-refractivity contribution in [3.05, 3.63) is 22.3 Å². The van der Waals surface area contributed by atoms with E-state index in [-0.39, 0.29) is 11.8 Å². The maximum Gasteiger partial charge on any atom is 0.220 e. The first kappa shape index (κ1) is 10.4. The van der Waals surface area contributed by atoms with Gasteiger partial charge in [-0.05, 0) is 22.0 Å². The first-order valence-electron chi connectivity index (χ1n) is 4.67. The molecule has 1 aromatic heterocycles. The van der Waals surface area contributed by atoms with Crippen LogP contribution in [0.25, 0.3) is 0 Å². The van der Waals surface area contributed by atoms with Gasteiger partial charge in [0, 0.05) is 35.1 Å². The van der Waals surface area contributed by atoms with Gasteiger partial charge in [-0.1, -0.05) is 0 Å². The van der Waals surface area contributed by atoms with Gasteiger partial charge >= 0.3 is 0 Å². The number of hydrogen-bond acceptors (Lipinski definition) is 3. The number of ether oxygens (including phenoxy) is 1. The highest BCUT2D eigenvalue weighted by Gasteiger charge is 2.26. The molecule has 0 spiro atoms. The largest absolute Gasteiger partial charge is 0.481 e. The first-order valence-corrected chi connectivity index (χ1v) is 5.46. The third kappa shape index (κ3) is 2.12. The van der Waals surface area contributed by atoms with Crippen LogP contribution in [0.3, 0.4) is 0 Å². The Bertz CT molecular complexity index is 395. The van der Waals surface area contributed by atoms with E-state index in [0.717, 1.165) is 10.0 Å². The van der Waals surface area contributed by atoms with Gasteiger partial charge in [0.1, 0.15) is 0 Å². The molecule has 1 aliphatic rings. The smallest absolute Gasteiger partial charge is 0.220 e. The van der Waals surface area contributed by atoms with Crippen LogP contribution in [0.2, 0.25) is 0 Å². The average molecular weight is 271 g/mol. The van der Waals surface area contributed by atoms with Crippen LogP contribution < -0.4 is 10.1 Å². The average Bonchev–Trinajstić information content (AvgIpc) is 2.65. The Balaban J connectivity index is 2.33. The van der Waals surface area contributed by atoms with E-state index in [9.17, 15) is 4.79 Å². The highest BCUT2D eigenvalue weighted by Crippen LogP contribution is 2.31. The molecule has 1 aliphatic heterocycles. The molecule has 1 atom stereocenters. The van der Waals surface area contributed by atoms with Crippen molar-refractivity contribution in [2.24, 2.45) is 0 Å². The van der Waals surface area contributed by atoms with Gasteiger partial charge in [-0.25, -0.2) is 4.98 Å². The summed E-state index contributed by atoms with van der Waals surface area (Å²) < 4.78 is 6.08. The lowest BCUT2D eigenvalue weighted by Crippen LogP contribution is -2.13. The Labute approximate surface area is 96.2 Å². The summed E-state index contributed by atoms with van der Waals surface area (Å²) >= 11 is 3.36. The predicted molar refractivity (Wildman–Crippen MR) is 58.9 cm³/mol. The zero-order chi connectivity index (χ0) is 10.8. The molecule has 1 aromatic rings. The lowest BCUT2D eigenvalue weighted by Gasteiger charge is -2.11. The van der Waals surface area contributed by atoms with Crippen LogP contribution in [0.1, 0.15) is 17.9 Å². The van der Waals surface area contributed by atoms with Crippen molar-refractivity contribution in [3.8, 4) is 5.88 Å². The van der Waals surface area contributed by atoms with Gasteiger partial charge in [-0.15, -0.1) is 0 Å². The second-order valence-electron chi connectivity index (χ2n) is 3.46. The zero-order valence-corrected chi connectivity index (χ0v) is 9.87. The van der Waals surface area contributed by atoms with Crippen LogP contribution in [0.15, 0.2) is 16.7 Å². The van der Waals surface area contributed by atoms with Crippen molar-refractivity contribution in [2.75, 3.05) is 13.7 Å². The fraction of sp³-hybridized carbons (Fsp3) is 0.400. The van der Waals surface area contributed by atoms with Crippen molar-refractivity contribution in [2.45, 2.75) is 12.3 Å². The Kier molecular flexibility index (Phi) is 2.90. The third-order valence-electron chi connectivity index (χ3n) is 2.46. The molecule has 0 bridgehead atoms. The maximum atomic E-state index is 11.1. The van der Waals surface area contributed by atoms with Gasteiger partial charge in [0.05, 0.1) is 7.11 Å². The summed E-state index contributed by atoms with van der Waals surface area (Å²) in [6.07, 6.45) is 2.20. The molecule has 4 nitrogen and oxygen atoms in total. The molecule has 1 saturated heterocycles. The molecule has 0 radical (unpaired) electrons. The number of pyridine rings is 1. The van der Waals surface area contributed by atoms with Gasteiger partial charge in [0.15, 0.2) is 0 Å². The molecular formula is C10H11BrN2O2. The Morgan fingerprint density at radius 3 is 3.07 bits per heavy atom. The van der Waals surface area contributed by atoms with Crippen LogP contribution in [0.5, 0.6) is 5.88 Å². The van der Waals surface area contributed by atoms with Gasteiger partial charge < -0.3 is 10.1 Å². The van der Waals surface area contributed by atoms with Crippen LogP contribution in [-0.2, 0) is 4.79 Å². The zero-order valence-electron chi connectivity index (χ0n) is 8.29. The van der Waals surface area contributed by atoms with Gasteiger partial charge in [0.2, 0.25) is 11.8 Å². The highest BCUT2D eigenvalue weighted by atomic mass is 79.9. The minimum Gasteiger partial charge on any atom is -0.481 e. The van der Waals surface area contributed by atoms with Crippen molar-refractivity contribution < 1.29 is 9.53 Å². The molecule has 2 heterocycles. The molecule has 2 rings (SSSR count). The summed E-state index contributed by atoms with van der Waals surface area (Å²) in [5, 5.41) is 2.80. The molecule has 80 valence electrons. The molecular weight excluding hydrogens is 260 g/mol.